The number of nitrogens with one attached hydrogen (secondary N) is 2. The fraction of sp³-hybridized carbons (Fsp3) is 0.133. The van der Waals surface area contributed by atoms with Gasteiger partial charge in [-0.1, -0.05) is 59.6 Å². The third-order valence-electron chi connectivity index (χ3n) is 5.67. The average molecular weight is 533 g/mol. The Labute approximate surface area is 226 Å². The van der Waals surface area contributed by atoms with E-state index in [4.69, 9.17) is 27.9 Å². The Morgan fingerprint density at radius 3 is 1.32 bits per heavy atom. The van der Waals surface area contributed by atoms with Crippen LogP contribution in [0.15, 0.2) is 97.1 Å². The van der Waals surface area contributed by atoms with Crippen molar-refractivity contribution in [2.75, 3.05) is 10.6 Å². The van der Waals surface area contributed by atoms with Crippen LogP contribution in [0.1, 0.15) is 24.0 Å². The molecule has 0 heterocycles. The largest absolute Gasteiger partial charge is 0.457 e. The number of hydrogen-bond donors (Lipinski definition) is 2. The highest BCUT2D eigenvalue weighted by atomic mass is 35.5. The van der Waals surface area contributed by atoms with E-state index in [0.29, 0.717) is 58.6 Å². The van der Waals surface area contributed by atoms with E-state index in [1.807, 2.05) is 48.5 Å². The highest BCUT2D eigenvalue weighted by Crippen LogP contribution is 2.25. The molecule has 0 fully saturated rings. The van der Waals surface area contributed by atoms with Gasteiger partial charge in [0.15, 0.2) is 0 Å². The fourth-order valence-corrected chi connectivity index (χ4v) is 4.15. The second kappa shape index (κ2) is 12.9. The first-order valence-electron chi connectivity index (χ1n) is 11.9. The van der Waals surface area contributed by atoms with Crippen molar-refractivity contribution in [2.24, 2.45) is 0 Å². The van der Waals surface area contributed by atoms with Crippen LogP contribution in [0.3, 0.4) is 0 Å². The van der Waals surface area contributed by atoms with E-state index < -0.39 is 0 Å². The summed E-state index contributed by atoms with van der Waals surface area (Å²) in [6.45, 7) is 0. The molecule has 0 aliphatic carbocycles. The molecule has 5 nitrogen and oxygen atoms in total. The van der Waals surface area contributed by atoms with E-state index in [0.717, 1.165) is 11.1 Å². The fourth-order valence-electron chi connectivity index (χ4n) is 3.69. The zero-order valence-electron chi connectivity index (χ0n) is 20.0. The van der Waals surface area contributed by atoms with E-state index in [2.05, 4.69) is 10.6 Å². The molecule has 0 aliphatic rings. The minimum absolute atomic E-state index is 0.0851. The van der Waals surface area contributed by atoms with E-state index in [1.54, 1.807) is 48.5 Å². The Morgan fingerprint density at radius 2 is 0.946 bits per heavy atom. The van der Waals surface area contributed by atoms with Crippen molar-refractivity contribution >= 4 is 46.4 Å². The van der Waals surface area contributed by atoms with Gasteiger partial charge in [-0.25, -0.2) is 0 Å². The lowest BCUT2D eigenvalue weighted by atomic mass is 10.1. The van der Waals surface area contributed by atoms with Crippen molar-refractivity contribution in [3.05, 3.63) is 118 Å². The molecule has 0 aromatic heterocycles. The summed E-state index contributed by atoms with van der Waals surface area (Å²) in [5.74, 6) is 1.09. The minimum Gasteiger partial charge on any atom is -0.457 e. The van der Waals surface area contributed by atoms with Crippen LogP contribution in [0, 0.1) is 0 Å². The Bertz CT molecular complexity index is 1250. The predicted molar refractivity (Wildman–Crippen MR) is 150 cm³/mol. The number of carbonyl (C=O) groups is 2. The quantitative estimate of drug-likeness (QED) is 0.218. The molecule has 4 aromatic rings. The summed E-state index contributed by atoms with van der Waals surface area (Å²) in [5, 5.41) is 7.11. The zero-order chi connectivity index (χ0) is 26.0. The lowest BCUT2D eigenvalue weighted by molar-refractivity contribution is -0.117. The number of benzene rings is 4. The molecule has 4 rings (SSSR count). The number of halogens is 2. The molecule has 4 aromatic carbocycles. The van der Waals surface area contributed by atoms with Gasteiger partial charge < -0.3 is 15.4 Å². The monoisotopic (exact) mass is 532 g/mol. The van der Waals surface area contributed by atoms with Crippen LogP contribution in [-0.2, 0) is 22.4 Å². The Morgan fingerprint density at radius 1 is 0.568 bits per heavy atom. The van der Waals surface area contributed by atoms with Crippen molar-refractivity contribution in [3.63, 3.8) is 0 Å². The summed E-state index contributed by atoms with van der Waals surface area (Å²) in [4.78, 5) is 24.6. The highest BCUT2D eigenvalue weighted by molar-refractivity contribution is 6.31. The second-order valence-corrected chi connectivity index (χ2v) is 9.24. The lowest BCUT2D eigenvalue weighted by Gasteiger charge is -2.10. The van der Waals surface area contributed by atoms with Crippen LogP contribution in [-0.4, -0.2) is 11.8 Å². The van der Waals surface area contributed by atoms with Crippen LogP contribution in [0.5, 0.6) is 11.5 Å². The molecule has 0 unspecified atom stereocenters. The van der Waals surface area contributed by atoms with Gasteiger partial charge in [0, 0.05) is 34.3 Å². The maximum absolute atomic E-state index is 12.3. The first-order valence-corrected chi connectivity index (χ1v) is 12.7. The molecule has 0 bridgehead atoms. The van der Waals surface area contributed by atoms with Crippen molar-refractivity contribution < 1.29 is 14.3 Å². The SMILES string of the molecule is O=C(CCc1ccccc1Cl)Nc1ccc(Oc2ccc(NC(=O)CCc3ccccc3Cl)cc2)cc1. The van der Waals surface area contributed by atoms with Gasteiger partial charge in [-0.15, -0.1) is 0 Å². The van der Waals surface area contributed by atoms with Crippen LogP contribution in [0.4, 0.5) is 11.4 Å². The highest BCUT2D eigenvalue weighted by Gasteiger charge is 2.08. The Kier molecular flexibility index (Phi) is 9.19. The summed E-state index contributed by atoms with van der Waals surface area (Å²) < 4.78 is 5.88. The second-order valence-electron chi connectivity index (χ2n) is 8.43. The normalized spacial score (nSPS) is 10.5. The van der Waals surface area contributed by atoms with Gasteiger partial charge >= 0.3 is 0 Å². The smallest absolute Gasteiger partial charge is 0.224 e. The Hall–Kier alpha value is -3.80. The van der Waals surface area contributed by atoms with Crippen molar-refractivity contribution in [1.82, 2.24) is 0 Å². The number of carbonyl (C=O) groups excluding carboxylic acids is 2. The lowest BCUT2D eigenvalue weighted by Crippen LogP contribution is -2.12. The average Bonchev–Trinajstić information content (AvgIpc) is 2.90. The number of hydrogen-bond acceptors (Lipinski definition) is 3. The molecule has 0 spiro atoms. The van der Waals surface area contributed by atoms with E-state index in [1.165, 1.54) is 0 Å². The molecule has 0 aliphatic heterocycles. The van der Waals surface area contributed by atoms with Crippen LogP contribution < -0.4 is 15.4 Å². The first kappa shape index (κ1) is 26.3. The van der Waals surface area contributed by atoms with Gasteiger partial charge in [0.2, 0.25) is 11.8 Å². The number of amides is 2. The zero-order valence-corrected chi connectivity index (χ0v) is 21.6. The van der Waals surface area contributed by atoms with E-state index in [-0.39, 0.29) is 11.8 Å². The summed E-state index contributed by atoms with van der Waals surface area (Å²) in [6.07, 6.45) is 1.82. The minimum atomic E-state index is -0.0851. The number of aryl methyl sites for hydroxylation is 2. The van der Waals surface area contributed by atoms with Gasteiger partial charge in [0.25, 0.3) is 0 Å². The van der Waals surface area contributed by atoms with Gasteiger partial charge in [-0.2, -0.15) is 0 Å². The molecule has 0 saturated heterocycles. The van der Waals surface area contributed by atoms with Crippen LogP contribution in [0.25, 0.3) is 0 Å². The summed E-state index contributed by atoms with van der Waals surface area (Å²) in [7, 11) is 0. The van der Waals surface area contributed by atoms with Crippen molar-refractivity contribution in [2.45, 2.75) is 25.7 Å². The standard InChI is InChI=1S/C30H26Cl2N2O3/c31-27-7-3-1-5-21(27)9-19-29(35)33-23-11-15-25(16-12-23)37-26-17-13-24(14-18-26)34-30(36)20-10-22-6-2-4-8-28(22)32/h1-8,11-18H,9-10,19-20H2,(H,33,35)(H,34,36). The summed E-state index contributed by atoms with van der Waals surface area (Å²) in [5.41, 5.74) is 3.27. The number of anilines is 2. The Balaban J connectivity index is 1.22. The molecule has 0 saturated carbocycles. The maximum atomic E-state index is 12.3. The first-order chi connectivity index (χ1) is 18.0. The number of rotatable bonds is 10. The molecule has 7 heteroatoms. The summed E-state index contributed by atoms with van der Waals surface area (Å²) in [6, 6.07) is 29.3. The molecular formula is C30H26Cl2N2O3. The third-order valence-corrected chi connectivity index (χ3v) is 6.41. The van der Waals surface area contributed by atoms with Crippen LogP contribution in [0.2, 0.25) is 10.0 Å². The van der Waals surface area contributed by atoms with Crippen molar-refractivity contribution in [1.29, 1.82) is 0 Å². The molecule has 2 N–H and O–H groups in total. The maximum Gasteiger partial charge on any atom is 0.224 e. The molecular weight excluding hydrogens is 507 g/mol. The topological polar surface area (TPSA) is 67.4 Å². The molecule has 188 valence electrons. The van der Waals surface area contributed by atoms with Gasteiger partial charge in [0.1, 0.15) is 11.5 Å². The van der Waals surface area contributed by atoms with Gasteiger partial charge in [0.05, 0.1) is 0 Å². The van der Waals surface area contributed by atoms with E-state index >= 15 is 0 Å². The summed E-state index contributed by atoms with van der Waals surface area (Å²) >= 11 is 12.3. The molecule has 0 radical (unpaired) electrons. The predicted octanol–water partition coefficient (Wildman–Crippen LogP) is 7.93. The molecule has 37 heavy (non-hydrogen) atoms. The van der Waals surface area contributed by atoms with Crippen molar-refractivity contribution in [3.8, 4) is 11.5 Å². The van der Waals surface area contributed by atoms with Crippen LogP contribution >= 0.6 is 23.2 Å². The molecule has 2 amide bonds. The van der Waals surface area contributed by atoms with Gasteiger partial charge in [-0.05, 0) is 84.6 Å². The molecule has 0 atom stereocenters. The number of ether oxygens (including phenoxy) is 1. The van der Waals surface area contributed by atoms with E-state index in [9.17, 15) is 9.59 Å². The third kappa shape index (κ3) is 8.10. The van der Waals surface area contributed by atoms with Gasteiger partial charge in [-0.3, -0.25) is 9.59 Å².